The number of aliphatic hydroxyl groups excluding tert-OH is 3. The topological polar surface area (TPSA) is 86.7 Å². The Hall–Kier alpha value is 0.270. The van der Waals surface area contributed by atoms with Crippen LogP contribution in [0.3, 0.4) is 0 Å². The molecule has 5 N–H and O–H groups in total. The number of aliphatic hydroxyl groups is 3. The van der Waals surface area contributed by atoms with Crippen LogP contribution in [0.1, 0.15) is 252 Å². The van der Waals surface area contributed by atoms with Crippen LogP contribution in [0, 0.1) is 0 Å². The van der Waals surface area contributed by atoms with Crippen LogP contribution in [-0.4, -0.2) is 53.5 Å². The molecular weight excluding hydrogens is 633 g/mol. The van der Waals surface area contributed by atoms with Gasteiger partial charge in [-0.25, -0.2) is 0 Å². The van der Waals surface area contributed by atoms with Gasteiger partial charge in [-0.1, -0.05) is 241 Å². The smallest absolute Gasteiger partial charge is 0.0662 e. The Kier molecular flexibility index (Phi) is 61.2. The molecule has 0 aromatic heterocycles. The molecule has 0 bridgehead atoms. The largest absolute Gasteiger partial charge is 0.394 e. The first-order chi connectivity index (χ1) is 24.6. The van der Waals surface area contributed by atoms with Crippen LogP contribution in [-0.2, 0) is 0 Å². The van der Waals surface area contributed by atoms with E-state index in [0.717, 1.165) is 12.8 Å². The van der Waals surface area contributed by atoms with E-state index in [-0.39, 0.29) is 19.3 Å². The van der Waals surface area contributed by atoms with Gasteiger partial charge in [0.25, 0.3) is 0 Å². The van der Waals surface area contributed by atoms with Crippen molar-refractivity contribution in [2.24, 2.45) is 5.73 Å². The van der Waals surface area contributed by atoms with Crippen LogP contribution >= 0.6 is 8.58 Å². The monoisotopic (exact) mass is 731 g/mol. The van der Waals surface area contributed by atoms with E-state index >= 15 is 0 Å². The predicted molar refractivity (Wildman–Crippen MR) is 229 cm³/mol. The standard InChI is InChI=1S/C36H74P.C7H17NO.C2H6O2/c1-3-5-7-9-11-13-15-17-19-21-23-25-27-29-31-33-35-37-36-34-32-30-28-26-24-22-20-18-16-14-12-10-8-6-4-2;1-2-3-4-5-7(9)6-8;3-1-2-4/h3-36H2,1-2H3;7,9H,2-6,8H2,1H3;3-4H,1-2H2. The van der Waals surface area contributed by atoms with Crippen LogP contribution in [0.25, 0.3) is 0 Å². The Bertz CT molecular complexity index is 489. The lowest BCUT2D eigenvalue weighted by molar-refractivity contribution is 0.169. The van der Waals surface area contributed by atoms with Gasteiger partial charge in [0.1, 0.15) is 0 Å². The van der Waals surface area contributed by atoms with Crippen molar-refractivity contribution in [2.45, 2.75) is 258 Å². The minimum atomic E-state index is -0.267. The van der Waals surface area contributed by atoms with Gasteiger partial charge in [-0.15, -0.1) is 0 Å². The average Bonchev–Trinajstić information content (AvgIpc) is 3.14. The van der Waals surface area contributed by atoms with Crippen molar-refractivity contribution in [1.82, 2.24) is 0 Å². The second-order valence-electron chi connectivity index (χ2n) is 15.1. The third kappa shape index (κ3) is 60.4. The van der Waals surface area contributed by atoms with E-state index in [2.05, 4.69) is 20.8 Å². The van der Waals surface area contributed by atoms with Gasteiger partial charge in [-0.05, 0) is 31.6 Å². The van der Waals surface area contributed by atoms with Gasteiger partial charge in [-0.2, -0.15) is 0 Å². The summed E-state index contributed by atoms with van der Waals surface area (Å²) < 4.78 is 0. The number of hydrogen-bond acceptors (Lipinski definition) is 4. The molecule has 50 heavy (non-hydrogen) atoms. The van der Waals surface area contributed by atoms with Crippen molar-refractivity contribution >= 4 is 8.58 Å². The van der Waals surface area contributed by atoms with Crippen LogP contribution in [0.2, 0.25) is 0 Å². The minimum absolute atomic E-state index is 0.125. The number of rotatable bonds is 40. The molecule has 0 saturated carbocycles. The van der Waals surface area contributed by atoms with Gasteiger partial charge < -0.3 is 21.1 Å². The Balaban J connectivity index is -0.00000142. The van der Waals surface area contributed by atoms with Crippen molar-refractivity contribution in [3.63, 3.8) is 0 Å². The number of hydrogen-bond donors (Lipinski definition) is 4. The molecule has 1 radical (unpaired) electrons. The molecule has 0 fully saturated rings. The summed E-state index contributed by atoms with van der Waals surface area (Å²) in [5.41, 5.74) is 5.20. The maximum atomic E-state index is 8.96. The van der Waals surface area contributed by atoms with Crippen molar-refractivity contribution in [2.75, 3.05) is 32.1 Å². The van der Waals surface area contributed by atoms with Crippen molar-refractivity contribution < 1.29 is 15.3 Å². The molecule has 0 aliphatic heterocycles. The summed E-state index contributed by atoms with van der Waals surface area (Å²) in [4.78, 5) is 0. The molecule has 305 valence electrons. The van der Waals surface area contributed by atoms with Gasteiger partial charge in [-0.3, -0.25) is 0 Å². The predicted octanol–water partition coefficient (Wildman–Crippen LogP) is 14.3. The van der Waals surface area contributed by atoms with E-state index in [1.54, 1.807) is 8.58 Å². The van der Waals surface area contributed by atoms with E-state index in [1.807, 2.05) is 0 Å². The summed E-state index contributed by atoms with van der Waals surface area (Å²) in [7, 11) is 1.74. The van der Waals surface area contributed by atoms with Gasteiger partial charge in [0.05, 0.1) is 19.3 Å². The second-order valence-corrected chi connectivity index (χ2v) is 16.5. The summed E-state index contributed by atoms with van der Waals surface area (Å²) in [6.45, 7) is 6.92. The fourth-order valence-electron chi connectivity index (χ4n) is 6.40. The Morgan fingerprint density at radius 1 is 0.360 bits per heavy atom. The van der Waals surface area contributed by atoms with E-state index in [0.29, 0.717) is 6.54 Å². The lowest BCUT2D eigenvalue weighted by Gasteiger charge is -2.04. The second kappa shape index (κ2) is 56.0. The molecule has 0 saturated heterocycles. The number of unbranched alkanes of at least 4 members (excludes halogenated alkanes) is 32. The van der Waals surface area contributed by atoms with Crippen molar-refractivity contribution in [3.8, 4) is 0 Å². The van der Waals surface area contributed by atoms with Crippen molar-refractivity contribution in [1.29, 1.82) is 0 Å². The van der Waals surface area contributed by atoms with Crippen LogP contribution in [0.5, 0.6) is 0 Å². The normalized spacial score (nSPS) is 11.6. The zero-order valence-electron chi connectivity index (χ0n) is 34.9. The summed E-state index contributed by atoms with van der Waals surface area (Å²) in [5.74, 6) is 0. The third-order valence-electron chi connectivity index (χ3n) is 9.85. The Morgan fingerprint density at radius 3 is 0.800 bits per heavy atom. The summed E-state index contributed by atoms with van der Waals surface area (Å²) >= 11 is 0. The van der Waals surface area contributed by atoms with Crippen molar-refractivity contribution in [3.05, 3.63) is 0 Å². The third-order valence-corrected chi connectivity index (χ3v) is 11.1. The van der Waals surface area contributed by atoms with Gasteiger partial charge in [0, 0.05) is 6.54 Å². The lowest BCUT2D eigenvalue weighted by atomic mass is 10.0. The minimum Gasteiger partial charge on any atom is -0.394 e. The molecule has 0 aliphatic rings. The molecular formula is C45H97NO3P. The van der Waals surface area contributed by atoms with Gasteiger partial charge >= 0.3 is 0 Å². The molecule has 5 heteroatoms. The fraction of sp³-hybridized carbons (Fsp3) is 1.00. The zero-order chi connectivity index (χ0) is 37.3. The molecule has 1 atom stereocenters. The first-order valence-electron chi connectivity index (χ1n) is 22.9. The maximum Gasteiger partial charge on any atom is 0.0662 e. The van der Waals surface area contributed by atoms with Gasteiger partial charge in [0.2, 0.25) is 0 Å². The highest BCUT2D eigenvalue weighted by Gasteiger charge is 1.99. The zero-order valence-corrected chi connectivity index (χ0v) is 35.8. The molecule has 0 aromatic carbocycles. The molecule has 0 aromatic rings. The average molecular weight is 731 g/mol. The summed E-state index contributed by atoms with van der Waals surface area (Å²) in [6.07, 6.45) is 54.4. The SMILES string of the molecule is CCCCCC(O)CN.CCCCCCCCCCCCCCCCCC[P]CCCCCCCCCCCCCCCCCC.OCCO. The van der Waals surface area contributed by atoms with E-state index in [1.165, 1.54) is 231 Å². The van der Waals surface area contributed by atoms with E-state index < -0.39 is 0 Å². The van der Waals surface area contributed by atoms with Crippen LogP contribution in [0.4, 0.5) is 0 Å². The van der Waals surface area contributed by atoms with Crippen LogP contribution in [0.15, 0.2) is 0 Å². The lowest BCUT2D eigenvalue weighted by Crippen LogP contribution is -2.19. The highest BCUT2D eigenvalue weighted by atomic mass is 31.1. The Morgan fingerprint density at radius 2 is 0.580 bits per heavy atom. The first kappa shape index (κ1) is 54.6. The quantitative estimate of drug-likeness (QED) is 0.0373. The maximum absolute atomic E-state index is 8.96. The van der Waals surface area contributed by atoms with Crippen LogP contribution < -0.4 is 5.73 Å². The first-order valence-corrected chi connectivity index (χ1v) is 24.1. The highest BCUT2D eigenvalue weighted by molar-refractivity contribution is 7.37. The van der Waals surface area contributed by atoms with E-state index in [4.69, 9.17) is 21.1 Å². The van der Waals surface area contributed by atoms with E-state index in [9.17, 15) is 0 Å². The Labute approximate surface area is 318 Å². The molecule has 0 aliphatic carbocycles. The molecule has 0 amide bonds. The molecule has 0 spiro atoms. The molecule has 0 rings (SSSR count). The summed E-state index contributed by atoms with van der Waals surface area (Å²) in [6, 6.07) is 0. The fourth-order valence-corrected chi connectivity index (χ4v) is 7.52. The summed E-state index contributed by atoms with van der Waals surface area (Å²) in [5, 5.41) is 24.2. The van der Waals surface area contributed by atoms with Gasteiger partial charge in [0.15, 0.2) is 0 Å². The molecule has 0 heterocycles. The highest BCUT2D eigenvalue weighted by Crippen LogP contribution is 2.19. The number of nitrogens with two attached hydrogens (primary N) is 1. The molecule has 1 unspecified atom stereocenters. The molecule has 4 nitrogen and oxygen atoms in total.